The van der Waals surface area contributed by atoms with Crippen molar-refractivity contribution in [3.63, 3.8) is 0 Å². The Morgan fingerprint density at radius 2 is 1.93 bits per heavy atom. The van der Waals surface area contributed by atoms with Crippen LogP contribution < -0.4 is 10.1 Å². The summed E-state index contributed by atoms with van der Waals surface area (Å²) in [7, 11) is 0. The lowest BCUT2D eigenvalue weighted by molar-refractivity contribution is -0.113. The smallest absolute Gasteiger partial charge is 0.236 e. The summed E-state index contributed by atoms with van der Waals surface area (Å²) >= 11 is 2.70. The molecule has 0 radical (unpaired) electrons. The molecule has 0 unspecified atom stereocenters. The number of hydrogen-bond acceptors (Lipinski definition) is 8. The Bertz CT molecular complexity index is 968. The van der Waals surface area contributed by atoms with E-state index in [1.165, 1.54) is 23.1 Å². The lowest BCUT2D eigenvalue weighted by Gasteiger charge is -2.08. The number of carbonyl (C=O) groups excluding carboxylic acids is 1. The van der Waals surface area contributed by atoms with Gasteiger partial charge in [0, 0.05) is 18.5 Å². The first-order chi connectivity index (χ1) is 14.5. The van der Waals surface area contributed by atoms with Crippen LogP contribution in [-0.2, 0) is 17.8 Å². The molecular weight excluding hydrogens is 420 g/mol. The number of carbonyl (C=O) groups is 1. The van der Waals surface area contributed by atoms with E-state index < -0.39 is 0 Å². The zero-order valence-corrected chi connectivity index (χ0v) is 19.2. The fourth-order valence-electron chi connectivity index (χ4n) is 2.64. The van der Waals surface area contributed by atoms with Crippen LogP contribution >= 0.6 is 23.1 Å². The Morgan fingerprint density at radius 3 is 2.60 bits per heavy atom. The summed E-state index contributed by atoms with van der Waals surface area (Å²) in [4.78, 5) is 12.3. The minimum Gasteiger partial charge on any atom is -0.493 e. The summed E-state index contributed by atoms with van der Waals surface area (Å²) in [6, 6.07) is 7.73. The highest BCUT2D eigenvalue weighted by Crippen LogP contribution is 2.28. The van der Waals surface area contributed by atoms with E-state index in [2.05, 4.69) is 39.6 Å². The molecule has 3 rings (SSSR count). The number of thioether (sulfide) groups is 1. The van der Waals surface area contributed by atoms with Gasteiger partial charge in [0.2, 0.25) is 11.0 Å². The number of amides is 1. The highest BCUT2D eigenvalue weighted by atomic mass is 32.2. The number of ether oxygens (including phenoxy) is 1. The highest BCUT2D eigenvalue weighted by molar-refractivity contribution is 7.99. The Hall–Kier alpha value is -2.46. The van der Waals surface area contributed by atoms with Gasteiger partial charge < -0.3 is 9.30 Å². The number of aromatic nitrogens is 5. The van der Waals surface area contributed by atoms with Gasteiger partial charge in [0.15, 0.2) is 5.16 Å². The van der Waals surface area contributed by atoms with E-state index in [0.29, 0.717) is 17.7 Å². The van der Waals surface area contributed by atoms with Gasteiger partial charge in [-0.25, -0.2) is 0 Å². The average Bonchev–Trinajstić information content (AvgIpc) is 3.37. The summed E-state index contributed by atoms with van der Waals surface area (Å²) in [6.07, 6.45) is 0.811. The standard InChI is InChI=1S/C20H26N6O2S2/c1-5-16-22-25-20(26(16)6-2)29-12-17(27)21-19-24-23-18(30-19)14-7-9-15(10-8-14)28-11-13(3)4/h7-10,13H,5-6,11-12H2,1-4H3,(H,21,24,27). The largest absolute Gasteiger partial charge is 0.493 e. The molecule has 0 aliphatic heterocycles. The molecule has 30 heavy (non-hydrogen) atoms. The third-order valence-corrected chi connectivity index (χ3v) is 5.97. The topological polar surface area (TPSA) is 94.8 Å². The Morgan fingerprint density at radius 1 is 1.17 bits per heavy atom. The molecule has 0 atom stereocenters. The van der Waals surface area contributed by atoms with Crippen LogP contribution in [0.3, 0.4) is 0 Å². The van der Waals surface area contributed by atoms with Crippen LogP contribution in [0, 0.1) is 5.92 Å². The quantitative estimate of drug-likeness (QED) is 0.468. The summed E-state index contributed by atoms with van der Waals surface area (Å²) in [5.41, 5.74) is 0.933. The van der Waals surface area contributed by atoms with Gasteiger partial charge in [-0.1, -0.05) is 43.9 Å². The predicted molar refractivity (Wildman–Crippen MR) is 120 cm³/mol. The second kappa shape index (κ2) is 10.5. The van der Waals surface area contributed by atoms with Crippen molar-refractivity contribution in [1.82, 2.24) is 25.0 Å². The van der Waals surface area contributed by atoms with Crippen molar-refractivity contribution in [2.45, 2.75) is 45.8 Å². The predicted octanol–water partition coefficient (Wildman–Crippen LogP) is 4.14. The molecule has 1 amide bonds. The molecule has 0 saturated heterocycles. The minimum absolute atomic E-state index is 0.149. The van der Waals surface area contributed by atoms with E-state index in [1.54, 1.807) is 0 Å². The van der Waals surface area contributed by atoms with Crippen LogP contribution in [-0.4, -0.2) is 43.2 Å². The number of aryl methyl sites for hydroxylation is 1. The molecule has 0 saturated carbocycles. The van der Waals surface area contributed by atoms with Crippen LogP contribution in [0.25, 0.3) is 10.6 Å². The summed E-state index contributed by atoms with van der Waals surface area (Å²) in [5.74, 6) is 2.31. The van der Waals surface area contributed by atoms with Crippen molar-refractivity contribution < 1.29 is 9.53 Å². The fourth-order valence-corrected chi connectivity index (χ4v) is 4.22. The van der Waals surface area contributed by atoms with E-state index in [-0.39, 0.29) is 11.7 Å². The van der Waals surface area contributed by atoms with Crippen molar-refractivity contribution >= 4 is 34.1 Å². The van der Waals surface area contributed by atoms with Crippen molar-refractivity contribution in [1.29, 1.82) is 0 Å². The molecule has 1 N–H and O–H groups in total. The monoisotopic (exact) mass is 446 g/mol. The number of nitrogens with zero attached hydrogens (tertiary/aromatic N) is 5. The Balaban J connectivity index is 1.55. The third kappa shape index (κ3) is 5.79. The van der Waals surface area contributed by atoms with Crippen molar-refractivity contribution in [3.05, 3.63) is 30.1 Å². The third-order valence-electron chi connectivity index (χ3n) is 4.11. The van der Waals surface area contributed by atoms with Crippen LogP contribution in [0.2, 0.25) is 0 Å². The SMILES string of the molecule is CCc1nnc(SCC(=O)Nc2nnc(-c3ccc(OCC(C)C)cc3)s2)n1CC. The lowest BCUT2D eigenvalue weighted by atomic mass is 10.2. The van der Waals surface area contributed by atoms with Crippen molar-refractivity contribution in [2.75, 3.05) is 17.7 Å². The van der Waals surface area contributed by atoms with E-state index in [0.717, 1.165) is 40.3 Å². The highest BCUT2D eigenvalue weighted by Gasteiger charge is 2.14. The first-order valence-corrected chi connectivity index (χ1v) is 11.7. The van der Waals surface area contributed by atoms with E-state index in [1.807, 2.05) is 42.7 Å². The van der Waals surface area contributed by atoms with Crippen LogP contribution in [0.4, 0.5) is 5.13 Å². The fraction of sp³-hybridized carbons (Fsp3) is 0.450. The molecule has 3 aromatic rings. The summed E-state index contributed by atoms with van der Waals surface area (Å²) in [5, 5.41) is 21.4. The molecule has 0 aliphatic carbocycles. The lowest BCUT2D eigenvalue weighted by Crippen LogP contribution is -2.14. The van der Waals surface area contributed by atoms with Gasteiger partial charge in [-0.3, -0.25) is 10.1 Å². The normalized spacial score (nSPS) is 11.1. The molecule has 0 spiro atoms. The van der Waals surface area contributed by atoms with Crippen molar-refractivity contribution in [3.8, 4) is 16.3 Å². The van der Waals surface area contributed by atoms with Crippen LogP contribution in [0.15, 0.2) is 29.4 Å². The van der Waals surface area contributed by atoms with E-state index in [4.69, 9.17) is 4.74 Å². The number of anilines is 1. The molecule has 0 fully saturated rings. The Labute approximate surface area is 184 Å². The molecular formula is C20H26N6O2S2. The number of benzene rings is 1. The average molecular weight is 447 g/mol. The number of hydrogen-bond donors (Lipinski definition) is 1. The van der Waals surface area contributed by atoms with Gasteiger partial charge in [-0.2, -0.15) is 0 Å². The second-order valence-corrected chi connectivity index (χ2v) is 8.90. The van der Waals surface area contributed by atoms with Gasteiger partial charge >= 0.3 is 0 Å². The second-order valence-electron chi connectivity index (χ2n) is 6.98. The maximum atomic E-state index is 12.3. The molecule has 1 aromatic carbocycles. The molecule has 10 heteroatoms. The van der Waals surface area contributed by atoms with Gasteiger partial charge in [-0.05, 0) is 37.1 Å². The van der Waals surface area contributed by atoms with Gasteiger partial charge in [0.1, 0.15) is 16.6 Å². The van der Waals surface area contributed by atoms with Gasteiger partial charge in [0.05, 0.1) is 12.4 Å². The molecule has 8 nitrogen and oxygen atoms in total. The molecule has 0 aliphatic rings. The van der Waals surface area contributed by atoms with Crippen LogP contribution in [0.5, 0.6) is 5.75 Å². The minimum atomic E-state index is -0.149. The number of nitrogens with one attached hydrogen (secondary N) is 1. The first kappa shape index (κ1) is 22.2. The number of rotatable bonds is 10. The van der Waals surface area contributed by atoms with Crippen molar-refractivity contribution in [2.24, 2.45) is 5.92 Å². The zero-order chi connectivity index (χ0) is 21.5. The van der Waals surface area contributed by atoms with Gasteiger partial charge in [-0.15, -0.1) is 20.4 Å². The molecule has 2 aromatic heterocycles. The molecule has 0 bridgehead atoms. The van der Waals surface area contributed by atoms with E-state index >= 15 is 0 Å². The summed E-state index contributed by atoms with van der Waals surface area (Å²) in [6.45, 7) is 9.76. The maximum Gasteiger partial charge on any atom is 0.236 e. The maximum absolute atomic E-state index is 12.3. The zero-order valence-electron chi connectivity index (χ0n) is 17.6. The first-order valence-electron chi connectivity index (χ1n) is 9.91. The van der Waals surface area contributed by atoms with E-state index in [9.17, 15) is 4.79 Å². The Kier molecular flexibility index (Phi) is 7.81. The van der Waals surface area contributed by atoms with Crippen LogP contribution in [0.1, 0.15) is 33.5 Å². The summed E-state index contributed by atoms with van der Waals surface area (Å²) < 4.78 is 7.72. The molecule has 2 heterocycles. The van der Waals surface area contributed by atoms with Gasteiger partial charge in [0.25, 0.3) is 0 Å². The molecule has 160 valence electrons.